The van der Waals surface area contributed by atoms with Gasteiger partial charge in [-0.2, -0.15) is 0 Å². The lowest BCUT2D eigenvalue weighted by molar-refractivity contribution is -0.125. The van der Waals surface area contributed by atoms with Gasteiger partial charge in [-0.1, -0.05) is 65.5 Å². The topological polar surface area (TPSA) is 20.3 Å². The minimum Gasteiger partial charge on any atom is -0.328 e. The Labute approximate surface area is 118 Å². The van der Waals surface area contributed by atoms with Crippen LogP contribution in [0.3, 0.4) is 0 Å². The van der Waals surface area contributed by atoms with E-state index in [0.29, 0.717) is 11.9 Å². The molecular weight excluding hydrogens is 290 g/mol. The summed E-state index contributed by atoms with van der Waals surface area (Å²) < 4.78 is 0. The van der Waals surface area contributed by atoms with Gasteiger partial charge in [0.1, 0.15) is 0 Å². The number of halogens is 1. The summed E-state index contributed by atoms with van der Waals surface area (Å²) in [6.07, 6.45) is 2.08. The second-order valence-electron chi connectivity index (χ2n) is 4.00. The van der Waals surface area contributed by atoms with Crippen LogP contribution in [-0.4, -0.2) is 22.7 Å². The molecule has 1 aromatic rings. The standard InChI is InChI=1S/C15H18BrNO/c1-2-3-12-17(15(18)10-7-11-16)13-14-8-5-4-6-9-14/h4-6,8-9H,2-3,11-13H2,1H3. The third-order valence-corrected chi connectivity index (χ3v) is 2.83. The number of unbranched alkanes of at least 4 members (excludes halogenated alkanes) is 1. The van der Waals surface area contributed by atoms with Crippen LogP contribution in [0, 0.1) is 11.8 Å². The second kappa shape index (κ2) is 8.77. The molecule has 0 saturated heterocycles. The van der Waals surface area contributed by atoms with Crippen LogP contribution in [0.1, 0.15) is 25.3 Å². The third-order valence-electron chi connectivity index (χ3n) is 2.55. The first-order valence-electron chi connectivity index (χ1n) is 6.15. The average Bonchev–Trinajstić information content (AvgIpc) is 2.42. The molecule has 0 aliphatic heterocycles. The number of benzene rings is 1. The molecular formula is C15H18BrNO. The van der Waals surface area contributed by atoms with Crippen molar-refractivity contribution in [1.29, 1.82) is 0 Å². The summed E-state index contributed by atoms with van der Waals surface area (Å²) in [6, 6.07) is 10.0. The summed E-state index contributed by atoms with van der Waals surface area (Å²) in [5.41, 5.74) is 1.14. The minimum atomic E-state index is -0.0910. The lowest BCUT2D eigenvalue weighted by Gasteiger charge is -2.20. The van der Waals surface area contributed by atoms with Crippen molar-refractivity contribution < 1.29 is 4.79 Å². The van der Waals surface area contributed by atoms with Crippen LogP contribution in [0.2, 0.25) is 0 Å². The van der Waals surface area contributed by atoms with Crippen molar-refractivity contribution in [2.45, 2.75) is 26.3 Å². The molecule has 0 spiro atoms. The predicted molar refractivity (Wildman–Crippen MR) is 78.3 cm³/mol. The minimum absolute atomic E-state index is 0.0910. The largest absolute Gasteiger partial charge is 0.328 e. The number of alkyl halides is 1. The van der Waals surface area contributed by atoms with Crippen molar-refractivity contribution in [2.24, 2.45) is 0 Å². The van der Waals surface area contributed by atoms with E-state index in [1.54, 1.807) is 0 Å². The summed E-state index contributed by atoms with van der Waals surface area (Å²) in [4.78, 5) is 13.8. The maximum Gasteiger partial charge on any atom is 0.298 e. The molecule has 0 heterocycles. The van der Waals surface area contributed by atoms with Gasteiger partial charge in [0.2, 0.25) is 0 Å². The highest BCUT2D eigenvalue weighted by molar-refractivity contribution is 9.09. The lowest BCUT2D eigenvalue weighted by Crippen LogP contribution is -2.30. The van der Waals surface area contributed by atoms with Gasteiger partial charge in [0.25, 0.3) is 5.91 Å². The molecule has 0 radical (unpaired) electrons. The fourth-order valence-corrected chi connectivity index (χ4v) is 1.73. The SMILES string of the molecule is CCCCN(Cc1ccccc1)C(=O)C#CCBr. The maximum atomic E-state index is 11.9. The molecule has 0 aliphatic carbocycles. The van der Waals surface area contributed by atoms with Gasteiger partial charge in [-0.25, -0.2) is 0 Å². The highest BCUT2D eigenvalue weighted by atomic mass is 79.9. The first kappa shape index (κ1) is 14.8. The normalized spacial score (nSPS) is 9.44. The Hall–Kier alpha value is -1.27. The Balaban J connectivity index is 2.69. The zero-order valence-electron chi connectivity index (χ0n) is 10.7. The summed E-state index contributed by atoms with van der Waals surface area (Å²) in [6.45, 7) is 3.52. The molecule has 0 N–H and O–H groups in total. The number of nitrogens with zero attached hydrogens (tertiary/aromatic N) is 1. The van der Waals surface area contributed by atoms with Crippen molar-refractivity contribution in [2.75, 3.05) is 11.9 Å². The van der Waals surface area contributed by atoms with Crippen LogP contribution in [0.4, 0.5) is 0 Å². The summed E-state index contributed by atoms with van der Waals surface area (Å²) in [5, 5.41) is 0.533. The van der Waals surface area contributed by atoms with Gasteiger partial charge in [0.05, 0.1) is 5.33 Å². The van der Waals surface area contributed by atoms with Crippen LogP contribution < -0.4 is 0 Å². The van der Waals surface area contributed by atoms with E-state index >= 15 is 0 Å². The van der Waals surface area contributed by atoms with Crippen molar-refractivity contribution in [3.8, 4) is 11.8 Å². The quantitative estimate of drug-likeness (QED) is 0.604. The van der Waals surface area contributed by atoms with Crippen LogP contribution in [-0.2, 0) is 11.3 Å². The lowest BCUT2D eigenvalue weighted by atomic mass is 10.2. The molecule has 0 aromatic heterocycles. The summed E-state index contributed by atoms with van der Waals surface area (Å²) in [5.74, 6) is 5.33. The van der Waals surface area contributed by atoms with E-state index in [9.17, 15) is 4.79 Å². The maximum absolute atomic E-state index is 11.9. The van der Waals surface area contributed by atoms with Gasteiger partial charge in [0, 0.05) is 13.1 Å². The molecule has 1 amide bonds. The van der Waals surface area contributed by atoms with Crippen molar-refractivity contribution in [1.82, 2.24) is 4.90 Å². The van der Waals surface area contributed by atoms with E-state index in [1.807, 2.05) is 35.2 Å². The monoisotopic (exact) mass is 307 g/mol. The van der Waals surface area contributed by atoms with E-state index in [2.05, 4.69) is 34.7 Å². The Morgan fingerprint density at radius 2 is 2.06 bits per heavy atom. The molecule has 0 bridgehead atoms. The van der Waals surface area contributed by atoms with Crippen LogP contribution in [0.5, 0.6) is 0 Å². The molecule has 0 atom stereocenters. The van der Waals surface area contributed by atoms with Crippen LogP contribution in [0.25, 0.3) is 0 Å². The molecule has 0 saturated carbocycles. The van der Waals surface area contributed by atoms with E-state index < -0.39 is 0 Å². The number of carbonyl (C=O) groups is 1. The first-order chi connectivity index (χ1) is 8.77. The number of rotatable bonds is 5. The Bertz CT molecular complexity index is 419. The third kappa shape index (κ3) is 5.37. The van der Waals surface area contributed by atoms with Gasteiger partial charge in [-0.3, -0.25) is 4.79 Å². The fourth-order valence-electron chi connectivity index (χ4n) is 1.59. The number of carbonyl (C=O) groups excluding carboxylic acids is 1. The molecule has 3 heteroatoms. The van der Waals surface area contributed by atoms with E-state index in [4.69, 9.17) is 0 Å². The zero-order valence-corrected chi connectivity index (χ0v) is 12.2. The van der Waals surface area contributed by atoms with E-state index in [0.717, 1.165) is 24.9 Å². The fraction of sp³-hybridized carbons (Fsp3) is 0.400. The van der Waals surface area contributed by atoms with E-state index in [-0.39, 0.29) is 5.91 Å². The number of amides is 1. The molecule has 18 heavy (non-hydrogen) atoms. The second-order valence-corrected chi connectivity index (χ2v) is 4.56. The highest BCUT2D eigenvalue weighted by Crippen LogP contribution is 2.06. The molecule has 96 valence electrons. The number of hydrogen-bond donors (Lipinski definition) is 0. The van der Waals surface area contributed by atoms with Gasteiger partial charge in [-0.05, 0) is 17.9 Å². The zero-order chi connectivity index (χ0) is 13.2. The van der Waals surface area contributed by atoms with Gasteiger partial charge in [-0.15, -0.1) is 0 Å². The molecule has 2 nitrogen and oxygen atoms in total. The first-order valence-corrected chi connectivity index (χ1v) is 7.27. The Morgan fingerprint density at radius 3 is 2.67 bits per heavy atom. The van der Waals surface area contributed by atoms with Gasteiger partial charge in [0.15, 0.2) is 0 Å². The van der Waals surface area contributed by atoms with Crippen LogP contribution >= 0.6 is 15.9 Å². The van der Waals surface area contributed by atoms with Crippen LogP contribution in [0.15, 0.2) is 30.3 Å². The van der Waals surface area contributed by atoms with Crippen molar-refractivity contribution >= 4 is 21.8 Å². The Morgan fingerprint density at radius 1 is 1.33 bits per heavy atom. The molecule has 0 fully saturated rings. The smallest absolute Gasteiger partial charge is 0.298 e. The predicted octanol–water partition coefficient (Wildman–Crippen LogP) is 3.21. The summed E-state index contributed by atoms with van der Waals surface area (Å²) in [7, 11) is 0. The molecule has 1 rings (SSSR count). The molecule has 0 unspecified atom stereocenters. The molecule has 1 aromatic carbocycles. The Kier molecular flexibility index (Phi) is 7.20. The van der Waals surface area contributed by atoms with Crippen molar-refractivity contribution in [3.05, 3.63) is 35.9 Å². The highest BCUT2D eigenvalue weighted by Gasteiger charge is 2.10. The summed E-state index contributed by atoms with van der Waals surface area (Å²) >= 11 is 3.20. The van der Waals surface area contributed by atoms with Gasteiger partial charge >= 0.3 is 0 Å². The van der Waals surface area contributed by atoms with Crippen molar-refractivity contribution in [3.63, 3.8) is 0 Å². The van der Waals surface area contributed by atoms with E-state index in [1.165, 1.54) is 0 Å². The number of hydrogen-bond acceptors (Lipinski definition) is 1. The average molecular weight is 308 g/mol. The van der Waals surface area contributed by atoms with Gasteiger partial charge < -0.3 is 4.90 Å². The molecule has 0 aliphatic rings.